The number of nitrogens with two attached hydrogens (primary N) is 1. The summed E-state index contributed by atoms with van der Waals surface area (Å²) in [5, 5.41) is 0.276. The smallest absolute Gasteiger partial charge is 0.310 e. The summed E-state index contributed by atoms with van der Waals surface area (Å²) in [6.45, 7) is 2.06. The van der Waals surface area contributed by atoms with E-state index in [1.165, 1.54) is 18.2 Å². The quantitative estimate of drug-likeness (QED) is 0.668. The minimum absolute atomic E-state index is 0.0224. The summed E-state index contributed by atoms with van der Waals surface area (Å²) in [7, 11) is 0. The summed E-state index contributed by atoms with van der Waals surface area (Å²) in [6, 6.07) is 8.95. The van der Waals surface area contributed by atoms with Crippen molar-refractivity contribution in [3.8, 4) is 11.5 Å². The molecule has 0 radical (unpaired) electrons. The van der Waals surface area contributed by atoms with Gasteiger partial charge in [-0.1, -0.05) is 17.7 Å². The van der Waals surface area contributed by atoms with Crippen LogP contribution in [-0.4, -0.2) is 12.6 Å². The molecular formula is C16H15ClFNO3. The van der Waals surface area contributed by atoms with Gasteiger partial charge in [0.1, 0.15) is 5.75 Å². The van der Waals surface area contributed by atoms with Crippen LogP contribution in [0, 0.1) is 5.82 Å². The van der Waals surface area contributed by atoms with Gasteiger partial charge in [0.25, 0.3) is 0 Å². The van der Waals surface area contributed by atoms with Crippen LogP contribution in [0.2, 0.25) is 5.02 Å². The van der Waals surface area contributed by atoms with Gasteiger partial charge < -0.3 is 15.2 Å². The normalized spacial score (nSPS) is 10.3. The zero-order valence-electron chi connectivity index (χ0n) is 11.9. The third-order valence-corrected chi connectivity index (χ3v) is 3.12. The molecule has 0 saturated heterocycles. The van der Waals surface area contributed by atoms with Crippen LogP contribution in [0.5, 0.6) is 11.5 Å². The summed E-state index contributed by atoms with van der Waals surface area (Å²) >= 11 is 6.10. The van der Waals surface area contributed by atoms with E-state index in [0.29, 0.717) is 17.9 Å². The monoisotopic (exact) mass is 323 g/mol. The highest BCUT2D eigenvalue weighted by molar-refractivity contribution is 6.32. The molecule has 2 aromatic carbocycles. The number of halogens is 2. The number of anilines is 1. The van der Waals surface area contributed by atoms with E-state index in [4.69, 9.17) is 26.8 Å². The van der Waals surface area contributed by atoms with Crippen LogP contribution in [0.15, 0.2) is 36.4 Å². The van der Waals surface area contributed by atoms with Crippen molar-refractivity contribution in [1.82, 2.24) is 0 Å². The van der Waals surface area contributed by atoms with Gasteiger partial charge in [0.05, 0.1) is 18.1 Å². The lowest BCUT2D eigenvalue weighted by atomic mass is 10.1. The molecule has 116 valence electrons. The van der Waals surface area contributed by atoms with Gasteiger partial charge in [-0.15, -0.1) is 0 Å². The highest BCUT2D eigenvalue weighted by atomic mass is 35.5. The Morgan fingerprint density at radius 1 is 1.23 bits per heavy atom. The summed E-state index contributed by atoms with van der Waals surface area (Å²) in [4.78, 5) is 11.4. The van der Waals surface area contributed by atoms with Gasteiger partial charge in [0.15, 0.2) is 11.6 Å². The Balaban J connectivity index is 2.14. The second kappa shape index (κ2) is 7.13. The van der Waals surface area contributed by atoms with Crippen LogP contribution in [0.25, 0.3) is 0 Å². The largest absolute Gasteiger partial charge is 0.466 e. The van der Waals surface area contributed by atoms with Crippen LogP contribution in [0.4, 0.5) is 10.1 Å². The minimum atomic E-state index is -0.577. The van der Waals surface area contributed by atoms with Gasteiger partial charge in [-0.25, -0.2) is 4.39 Å². The molecule has 0 atom stereocenters. The number of carbonyl (C=O) groups is 1. The summed E-state index contributed by atoms with van der Waals surface area (Å²) in [5.41, 5.74) is 6.47. The van der Waals surface area contributed by atoms with E-state index in [-0.39, 0.29) is 28.9 Å². The molecule has 0 saturated carbocycles. The van der Waals surface area contributed by atoms with Crippen LogP contribution in [-0.2, 0) is 16.0 Å². The second-order valence-corrected chi connectivity index (χ2v) is 4.95. The maximum absolute atomic E-state index is 13.7. The van der Waals surface area contributed by atoms with Crippen molar-refractivity contribution in [2.24, 2.45) is 0 Å². The van der Waals surface area contributed by atoms with Gasteiger partial charge in [-0.3, -0.25) is 4.79 Å². The topological polar surface area (TPSA) is 61.5 Å². The highest BCUT2D eigenvalue weighted by Crippen LogP contribution is 2.32. The Bertz CT molecular complexity index is 691. The number of rotatable bonds is 5. The molecule has 0 aliphatic carbocycles. The number of hydrogen-bond donors (Lipinski definition) is 1. The molecule has 6 heteroatoms. The number of benzene rings is 2. The van der Waals surface area contributed by atoms with Crippen molar-refractivity contribution in [2.75, 3.05) is 12.3 Å². The van der Waals surface area contributed by atoms with Gasteiger partial charge in [-0.05, 0) is 36.8 Å². The molecule has 0 aliphatic rings. The summed E-state index contributed by atoms with van der Waals surface area (Å²) in [6.07, 6.45) is 0.115. The Kier molecular flexibility index (Phi) is 5.22. The molecule has 0 aliphatic heterocycles. The first-order valence-corrected chi connectivity index (χ1v) is 7.04. The Morgan fingerprint density at radius 2 is 1.95 bits per heavy atom. The third-order valence-electron chi connectivity index (χ3n) is 2.83. The highest BCUT2D eigenvalue weighted by Gasteiger charge is 2.11. The van der Waals surface area contributed by atoms with Gasteiger partial charge in [0.2, 0.25) is 0 Å². The molecule has 0 fully saturated rings. The lowest BCUT2D eigenvalue weighted by Crippen LogP contribution is -2.07. The summed E-state index contributed by atoms with van der Waals surface area (Å²) < 4.78 is 24.0. The van der Waals surface area contributed by atoms with E-state index < -0.39 is 5.82 Å². The Hall–Kier alpha value is -2.27. The molecule has 0 bridgehead atoms. The molecule has 4 nitrogen and oxygen atoms in total. The van der Waals surface area contributed by atoms with Crippen LogP contribution < -0.4 is 10.5 Å². The van der Waals surface area contributed by atoms with Gasteiger partial charge >= 0.3 is 5.97 Å². The molecule has 2 N–H and O–H groups in total. The van der Waals surface area contributed by atoms with Crippen molar-refractivity contribution in [3.05, 3.63) is 52.8 Å². The number of carbonyl (C=O) groups excluding carboxylic acids is 1. The maximum atomic E-state index is 13.7. The third kappa shape index (κ3) is 4.11. The minimum Gasteiger partial charge on any atom is -0.466 e. The van der Waals surface area contributed by atoms with Crippen molar-refractivity contribution < 1.29 is 18.7 Å². The number of hydrogen-bond acceptors (Lipinski definition) is 4. The molecule has 0 unspecified atom stereocenters. The van der Waals surface area contributed by atoms with E-state index >= 15 is 0 Å². The number of esters is 1. The summed E-state index contributed by atoms with van der Waals surface area (Å²) in [5.74, 6) is -0.601. The zero-order valence-corrected chi connectivity index (χ0v) is 12.7. The van der Waals surface area contributed by atoms with Crippen LogP contribution >= 0.6 is 11.6 Å². The number of nitrogen functional groups attached to an aromatic ring is 1. The second-order valence-electron chi connectivity index (χ2n) is 4.54. The van der Waals surface area contributed by atoms with Crippen molar-refractivity contribution in [1.29, 1.82) is 0 Å². The van der Waals surface area contributed by atoms with Crippen molar-refractivity contribution in [3.63, 3.8) is 0 Å². The molecule has 0 heterocycles. The van der Waals surface area contributed by atoms with E-state index in [1.54, 1.807) is 25.1 Å². The Morgan fingerprint density at radius 3 is 2.59 bits per heavy atom. The van der Waals surface area contributed by atoms with Crippen molar-refractivity contribution >= 4 is 23.3 Å². The fraction of sp³-hybridized carbons (Fsp3) is 0.188. The predicted octanol–water partition coefficient (Wildman–Crippen LogP) is 3.96. The molecule has 2 aromatic rings. The molecule has 0 amide bonds. The lowest BCUT2D eigenvalue weighted by molar-refractivity contribution is -0.142. The SMILES string of the molecule is CCOC(=O)Cc1ccc(Oc2ccc(N)cc2F)c(Cl)c1. The van der Waals surface area contributed by atoms with Crippen LogP contribution in [0.3, 0.4) is 0 Å². The molecular weight excluding hydrogens is 309 g/mol. The first-order valence-electron chi connectivity index (χ1n) is 6.66. The Labute approximate surface area is 132 Å². The fourth-order valence-electron chi connectivity index (χ4n) is 1.83. The van der Waals surface area contributed by atoms with Gasteiger partial charge in [0, 0.05) is 11.8 Å². The van der Waals surface area contributed by atoms with E-state index in [2.05, 4.69) is 0 Å². The average Bonchev–Trinajstić information content (AvgIpc) is 2.44. The predicted molar refractivity (Wildman–Crippen MR) is 82.7 cm³/mol. The lowest BCUT2D eigenvalue weighted by Gasteiger charge is -2.10. The standard InChI is InChI=1S/C16H15ClFNO3/c1-2-21-16(20)8-10-3-5-14(12(17)7-10)22-15-6-4-11(19)9-13(15)18/h3-7,9H,2,8,19H2,1H3. The molecule has 2 rings (SSSR count). The van der Waals surface area contributed by atoms with E-state index in [1.807, 2.05) is 0 Å². The first kappa shape index (κ1) is 16.1. The van der Waals surface area contributed by atoms with Crippen LogP contribution in [0.1, 0.15) is 12.5 Å². The fourth-order valence-corrected chi connectivity index (χ4v) is 2.08. The number of ether oxygens (including phenoxy) is 2. The first-order chi connectivity index (χ1) is 10.5. The van der Waals surface area contributed by atoms with E-state index in [0.717, 1.165) is 0 Å². The van der Waals surface area contributed by atoms with Crippen molar-refractivity contribution in [2.45, 2.75) is 13.3 Å². The molecule has 0 aromatic heterocycles. The maximum Gasteiger partial charge on any atom is 0.310 e. The molecule has 0 spiro atoms. The average molecular weight is 324 g/mol. The van der Waals surface area contributed by atoms with Gasteiger partial charge in [-0.2, -0.15) is 0 Å². The van der Waals surface area contributed by atoms with E-state index in [9.17, 15) is 9.18 Å². The molecule has 22 heavy (non-hydrogen) atoms. The zero-order chi connectivity index (χ0) is 16.1.